The van der Waals surface area contributed by atoms with E-state index in [1.807, 2.05) is 12.1 Å². The Morgan fingerprint density at radius 3 is 2.40 bits per heavy atom. The topological polar surface area (TPSA) is 69.6 Å². The summed E-state index contributed by atoms with van der Waals surface area (Å²) in [5.74, 6) is -0.829. The zero-order chi connectivity index (χ0) is 18.4. The van der Waals surface area contributed by atoms with Gasteiger partial charge in [0.1, 0.15) is 5.82 Å². The number of aryl methyl sites for hydroxylation is 1. The maximum Gasteiger partial charge on any atom is 0.251 e. The summed E-state index contributed by atoms with van der Waals surface area (Å²) in [4.78, 5) is 12.1. The molecule has 5 heteroatoms. The quantitative estimate of drug-likeness (QED) is 0.722. The van der Waals surface area contributed by atoms with E-state index in [2.05, 4.69) is 5.32 Å². The Bertz CT molecular complexity index is 708. The van der Waals surface area contributed by atoms with Crippen LogP contribution in [0.4, 0.5) is 4.39 Å². The molecule has 1 atom stereocenters. The molecular weight excluding hydrogens is 321 g/mol. The fraction of sp³-hybridized carbons (Fsp3) is 0.350. The van der Waals surface area contributed by atoms with Crippen LogP contribution in [0.5, 0.6) is 0 Å². The normalized spacial score (nSPS) is 12.7. The van der Waals surface area contributed by atoms with E-state index in [1.54, 1.807) is 38.1 Å². The minimum atomic E-state index is -1.10. The van der Waals surface area contributed by atoms with Gasteiger partial charge in [-0.15, -0.1) is 0 Å². The van der Waals surface area contributed by atoms with Gasteiger partial charge in [0, 0.05) is 17.7 Å². The Hall–Kier alpha value is -2.24. The van der Waals surface area contributed by atoms with Crippen molar-refractivity contribution < 1.29 is 19.4 Å². The molecule has 2 rings (SSSR count). The van der Waals surface area contributed by atoms with Crippen molar-refractivity contribution in [1.29, 1.82) is 0 Å². The first kappa shape index (κ1) is 19.1. The van der Waals surface area contributed by atoms with Crippen LogP contribution < -0.4 is 5.32 Å². The van der Waals surface area contributed by atoms with Crippen LogP contribution >= 0.6 is 0 Å². The summed E-state index contributed by atoms with van der Waals surface area (Å²) < 4.78 is 13.6. The summed E-state index contributed by atoms with van der Waals surface area (Å²) in [6, 6.07) is 13.0. The van der Waals surface area contributed by atoms with E-state index in [0.717, 1.165) is 12.0 Å². The molecule has 0 aliphatic carbocycles. The predicted octanol–water partition coefficient (Wildman–Crippen LogP) is 2.99. The molecule has 2 aromatic rings. The van der Waals surface area contributed by atoms with Crippen LogP contribution in [0.3, 0.4) is 0 Å². The van der Waals surface area contributed by atoms with Crippen LogP contribution in [0, 0.1) is 5.82 Å². The number of hydrogen-bond acceptors (Lipinski definition) is 3. The van der Waals surface area contributed by atoms with Crippen molar-refractivity contribution in [2.45, 2.75) is 38.4 Å². The van der Waals surface area contributed by atoms with E-state index in [1.165, 1.54) is 12.1 Å². The van der Waals surface area contributed by atoms with E-state index in [4.69, 9.17) is 0 Å². The minimum Gasteiger partial charge on any atom is -0.390 e. The first-order valence-electron chi connectivity index (χ1n) is 8.28. The van der Waals surface area contributed by atoms with Crippen LogP contribution in [0.25, 0.3) is 0 Å². The molecular formula is C20H24FNO3. The van der Waals surface area contributed by atoms with Crippen LogP contribution in [-0.4, -0.2) is 28.3 Å². The van der Waals surface area contributed by atoms with Crippen molar-refractivity contribution in [3.05, 3.63) is 71.0 Å². The highest BCUT2D eigenvalue weighted by atomic mass is 19.1. The summed E-state index contributed by atoms with van der Waals surface area (Å²) in [7, 11) is 0. The summed E-state index contributed by atoms with van der Waals surface area (Å²) in [5, 5.41) is 22.4. The van der Waals surface area contributed by atoms with Gasteiger partial charge >= 0.3 is 0 Å². The third-order valence-corrected chi connectivity index (χ3v) is 3.96. The Morgan fingerprint density at radius 2 is 1.80 bits per heavy atom. The third kappa shape index (κ3) is 5.96. The first-order chi connectivity index (χ1) is 11.8. The van der Waals surface area contributed by atoms with Crippen LogP contribution in [0.15, 0.2) is 48.5 Å². The zero-order valence-corrected chi connectivity index (χ0v) is 14.5. The maximum absolute atomic E-state index is 13.6. The molecule has 0 spiro atoms. The number of hydrogen-bond donors (Lipinski definition) is 3. The lowest BCUT2D eigenvalue weighted by Gasteiger charge is -2.16. The number of halogens is 1. The highest BCUT2D eigenvalue weighted by Gasteiger charge is 2.15. The molecule has 0 heterocycles. The zero-order valence-electron chi connectivity index (χ0n) is 14.5. The fourth-order valence-corrected chi connectivity index (χ4v) is 2.42. The number of nitrogens with one attached hydrogen (secondary N) is 1. The van der Waals surface area contributed by atoms with Gasteiger partial charge in [-0.25, -0.2) is 4.39 Å². The second-order valence-corrected chi connectivity index (χ2v) is 6.76. The minimum absolute atomic E-state index is 0.0692. The highest BCUT2D eigenvalue weighted by Crippen LogP contribution is 2.16. The summed E-state index contributed by atoms with van der Waals surface area (Å²) in [6.45, 7) is 3.45. The lowest BCUT2D eigenvalue weighted by Crippen LogP contribution is -2.28. The SMILES string of the molecule is CC(C)(O)CCc1ccc(C(=O)NCC(O)c2ccccc2F)cc1. The van der Waals surface area contributed by atoms with Crippen LogP contribution in [-0.2, 0) is 6.42 Å². The van der Waals surface area contributed by atoms with E-state index in [-0.39, 0.29) is 18.0 Å². The van der Waals surface area contributed by atoms with Crippen LogP contribution in [0.1, 0.15) is 47.9 Å². The Balaban J connectivity index is 1.89. The molecule has 1 amide bonds. The van der Waals surface area contributed by atoms with E-state index in [0.29, 0.717) is 12.0 Å². The van der Waals surface area contributed by atoms with E-state index >= 15 is 0 Å². The van der Waals surface area contributed by atoms with E-state index in [9.17, 15) is 19.4 Å². The Morgan fingerprint density at radius 1 is 1.16 bits per heavy atom. The monoisotopic (exact) mass is 345 g/mol. The van der Waals surface area contributed by atoms with Gasteiger partial charge in [-0.05, 0) is 50.5 Å². The van der Waals surface area contributed by atoms with Gasteiger partial charge in [0.2, 0.25) is 0 Å². The molecule has 2 aromatic carbocycles. The average Bonchev–Trinajstić information content (AvgIpc) is 2.58. The number of carbonyl (C=O) groups excluding carboxylic acids is 1. The number of benzene rings is 2. The van der Waals surface area contributed by atoms with Crippen molar-refractivity contribution in [2.75, 3.05) is 6.54 Å². The van der Waals surface area contributed by atoms with Crippen molar-refractivity contribution in [3.8, 4) is 0 Å². The summed E-state index contributed by atoms with van der Waals surface area (Å²) in [5.41, 5.74) is 0.932. The van der Waals surface area contributed by atoms with Crippen molar-refractivity contribution in [1.82, 2.24) is 5.32 Å². The van der Waals surface area contributed by atoms with Crippen LogP contribution in [0.2, 0.25) is 0 Å². The third-order valence-electron chi connectivity index (χ3n) is 3.96. The van der Waals surface area contributed by atoms with E-state index < -0.39 is 17.5 Å². The molecule has 0 bridgehead atoms. The van der Waals surface area contributed by atoms with Crippen molar-refractivity contribution in [3.63, 3.8) is 0 Å². The molecule has 134 valence electrons. The van der Waals surface area contributed by atoms with Crippen molar-refractivity contribution in [2.24, 2.45) is 0 Å². The van der Waals surface area contributed by atoms with Gasteiger partial charge in [0.15, 0.2) is 0 Å². The smallest absolute Gasteiger partial charge is 0.251 e. The Labute approximate surface area is 147 Å². The van der Waals surface area contributed by atoms with Gasteiger partial charge in [-0.2, -0.15) is 0 Å². The standard InChI is InChI=1S/C20H24FNO3/c1-20(2,25)12-11-14-7-9-15(10-8-14)19(24)22-13-18(23)16-5-3-4-6-17(16)21/h3-10,18,23,25H,11-13H2,1-2H3,(H,22,24). The molecule has 0 saturated heterocycles. The molecule has 3 N–H and O–H groups in total. The molecule has 1 unspecified atom stereocenters. The van der Waals surface area contributed by atoms with Gasteiger partial charge in [-0.1, -0.05) is 30.3 Å². The lowest BCUT2D eigenvalue weighted by atomic mass is 9.98. The van der Waals surface area contributed by atoms with Crippen molar-refractivity contribution >= 4 is 5.91 Å². The number of rotatable bonds is 7. The molecule has 0 aliphatic heterocycles. The summed E-state index contributed by atoms with van der Waals surface area (Å²) >= 11 is 0. The molecule has 25 heavy (non-hydrogen) atoms. The Kier molecular flexibility index (Phi) is 6.28. The lowest BCUT2D eigenvalue weighted by molar-refractivity contribution is 0.0713. The van der Waals surface area contributed by atoms with Gasteiger partial charge in [0.25, 0.3) is 5.91 Å². The maximum atomic E-state index is 13.6. The number of amides is 1. The highest BCUT2D eigenvalue weighted by molar-refractivity contribution is 5.94. The number of aliphatic hydroxyl groups excluding tert-OH is 1. The predicted molar refractivity (Wildman–Crippen MR) is 94.8 cm³/mol. The molecule has 0 saturated carbocycles. The largest absolute Gasteiger partial charge is 0.390 e. The molecule has 0 aromatic heterocycles. The molecule has 4 nitrogen and oxygen atoms in total. The van der Waals surface area contributed by atoms with Gasteiger partial charge in [-0.3, -0.25) is 4.79 Å². The van der Waals surface area contributed by atoms with Gasteiger partial charge in [0.05, 0.1) is 11.7 Å². The molecule has 0 fully saturated rings. The number of carbonyl (C=O) groups is 1. The summed E-state index contributed by atoms with van der Waals surface area (Å²) in [6.07, 6.45) is 0.251. The molecule has 0 radical (unpaired) electrons. The fourth-order valence-electron chi connectivity index (χ4n) is 2.42. The molecule has 0 aliphatic rings. The second-order valence-electron chi connectivity index (χ2n) is 6.76. The average molecular weight is 345 g/mol. The second kappa shape index (κ2) is 8.23. The number of aliphatic hydroxyl groups is 2. The first-order valence-corrected chi connectivity index (χ1v) is 8.28. The van der Waals surface area contributed by atoms with Gasteiger partial charge < -0.3 is 15.5 Å².